The summed E-state index contributed by atoms with van der Waals surface area (Å²) in [6, 6.07) is -0.179. The third-order valence-corrected chi connectivity index (χ3v) is 8.37. The Bertz CT molecular complexity index is 460. The van der Waals surface area contributed by atoms with Crippen molar-refractivity contribution in [3.8, 4) is 0 Å². The molecular weight excluding hydrogens is 258 g/mol. The Hall–Kier alpha value is -0.370. The van der Waals surface area contributed by atoms with Crippen LogP contribution in [-0.2, 0) is 4.79 Å². The summed E-state index contributed by atoms with van der Waals surface area (Å²) < 4.78 is 0. The number of Topliss-reactive ketones (excluding diaryl/α,β-unsaturated/α-hetero) is 1. The molecule has 4 saturated carbocycles. The van der Waals surface area contributed by atoms with Gasteiger partial charge in [0, 0.05) is 6.42 Å². The van der Waals surface area contributed by atoms with Crippen LogP contribution in [0, 0.1) is 34.5 Å². The van der Waals surface area contributed by atoms with Crippen LogP contribution in [0.25, 0.3) is 0 Å². The van der Waals surface area contributed by atoms with E-state index in [1.54, 1.807) is 0 Å². The second kappa shape index (κ2) is 4.57. The number of carbonyl (C=O) groups is 1. The largest absolute Gasteiger partial charge is 0.321 e. The Morgan fingerprint density at radius 1 is 1.05 bits per heavy atom. The molecule has 0 aliphatic heterocycles. The van der Waals surface area contributed by atoms with Gasteiger partial charge in [0.1, 0.15) is 5.78 Å². The highest BCUT2D eigenvalue weighted by molar-refractivity contribution is 5.85. The van der Waals surface area contributed by atoms with Crippen LogP contribution in [0.5, 0.6) is 0 Å². The van der Waals surface area contributed by atoms with Crippen LogP contribution in [0.2, 0.25) is 0 Å². The molecule has 4 aliphatic carbocycles. The van der Waals surface area contributed by atoms with E-state index in [0.717, 1.165) is 30.6 Å². The van der Waals surface area contributed by atoms with Gasteiger partial charge in [-0.05, 0) is 79.4 Å². The van der Waals surface area contributed by atoms with E-state index < -0.39 is 0 Å². The first-order valence-electron chi connectivity index (χ1n) is 9.22. The van der Waals surface area contributed by atoms with Crippen LogP contribution in [0.4, 0.5) is 0 Å². The molecule has 0 heterocycles. The quantitative estimate of drug-likeness (QED) is 0.734. The third kappa shape index (κ3) is 1.90. The summed E-state index contributed by atoms with van der Waals surface area (Å²) in [7, 11) is 0. The van der Waals surface area contributed by atoms with E-state index in [-0.39, 0.29) is 6.04 Å². The van der Waals surface area contributed by atoms with Crippen LogP contribution in [0.3, 0.4) is 0 Å². The lowest BCUT2D eigenvalue weighted by Gasteiger charge is -2.60. The predicted molar refractivity (Wildman–Crippen MR) is 84.7 cm³/mol. The zero-order chi connectivity index (χ0) is 14.8. The number of carbonyl (C=O) groups excluding carboxylic acids is 1. The van der Waals surface area contributed by atoms with E-state index in [0.29, 0.717) is 22.5 Å². The molecule has 2 heteroatoms. The minimum atomic E-state index is -0.179. The van der Waals surface area contributed by atoms with Crippen molar-refractivity contribution in [3.63, 3.8) is 0 Å². The first-order valence-corrected chi connectivity index (χ1v) is 9.22. The Labute approximate surface area is 129 Å². The lowest BCUT2D eigenvalue weighted by atomic mass is 9.45. The van der Waals surface area contributed by atoms with E-state index in [2.05, 4.69) is 13.8 Å². The second-order valence-electron chi connectivity index (χ2n) is 9.22. The fourth-order valence-corrected chi connectivity index (χ4v) is 7.16. The van der Waals surface area contributed by atoms with Crippen molar-refractivity contribution in [2.24, 2.45) is 40.2 Å². The van der Waals surface area contributed by atoms with Crippen LogP contribution in [-0.4, -0.2) is 11.8 Å². The van der Waals surface area contributed by atoms with Crippen LogP contribution >= 0.6 is 0 Å². The van der Waals surface area contributed by atoms with Crippen molar-refractivity contribution in [2.75, 3.05) is 0 Å². The van der Waals surface area contributed by atoms with Crippen molar-refractivity contribution in [3.05, 3.63) is 0 Å². The number of nitrogens with two attached hydrogens (primary N) is 1. The first kappa shape index (κ1) is 14.2. The zero-order valence-corrected chi connectivity index (χ0v) is 13.7. The standard InChI is InChI=1S/C19H31NO/c1-18-8-3-4-14(18)13-6-5-12-10-17(21)16(20)11-19(12,2)15(13)7-9-18/h12-16H,3-11,20H2,1-2H3/t12-,13-,14-,15-,16+,18-,19-/m0/s1. The Kier molecular flexibility index (Phi) is 3.10. The molecule has 4 aliphatic rings. The van der Waals surface area contributed by atoms with E-state index in [9.17, 15) is 4.79 Å². The van der Waals surface area contributed by atoms with Crippen molar-refractivity contribution in [1.29, 1.82) is 0 Å². The van der Waals surface area contributed by atoms with Crippen molar-refractivity contribution in [2.45, 2.75) is 77.7 Å². The average molecular weight is 289 g/mol. The molecule has 0 amide bonds. The molecule has 4 fully saturated rings. The molecule has 0 spiro atoms. The maximum absolute atomic E-state index is 12.1. The van der Waals surface area contributed by atoms with Gasteiger partial charge in [0.05, 0.1) is 6.04 Å². The fraction of sp³-hybridized carbons (Fsp3) is 0.947. The molecular formula is C19H31NO. The summed E-state index contributed by atoms with van der Waals surface area (Å²) in [6.45, 7) is 5.05. The lowest BCUT2D eigenvalue weighted by molar-refractivity contribution is -0.140. The number of hydrogen-bond acceptors (Lipinski definition) is 2. The summed E-state index contributed by atoms with van der Waals surface area (Å²) in [4.78, 5) is 12.1. The van der Waals surface area contributed by atoms with Crippen LogP contribution < -0.4 is 5.73 Å². The Balaban J connectivity index is 1.65. The normalized spacial score (nSPS) is 56.5. The van der Waals surface area contributed by atoms with Crippen molar-refractivity contribution in [1.82, 2.24) is 0 Å². The minimum Gasteiger partial charge on any atom is -0.321 e. The highest BCUT2D eigenvalue weighted by atomic mass is 16.1. The van der Waals surface area contributed by atoms with Gasteiger partial charge in [-0.2, -0.15) is 0 Å². The highest BCUT2D eigenvalue weighted by Crippen LogP contribution is 2.65. The Morgan fingerprint density at radius 2 is 1.86 bits per heavy atom. The van der Waals surface area contributed by atoms with Gasteiger partial charge >= 0.3 is 0 Å². The summed E-state index contributed by atoms with van der Waals surface area (Å²) in [6.07, 6.45) is 11.6. The van der Waals surface area contributed by atoms with Gasteiger partial charge in [-0.15, -0.1) is 0 Å². The van der Waals surface area contributed by atoms with E-state index in [1.165, 1.54) is 44.9 Å². The van der Waals surface area contributed by atoms with Gasteiger partial charge < -0.3 is 5.73 Å². The number of hydrogen-bond donors (Lipinski definition) is 1. The van der Waals surface area contributed by atoms with Crippen molar-refractivity contribution < 1.29 is 4.79 Å². The molecule has 2 N–H and O–H groups in total. The molecule has 0 aromatic rings. The topological polar surface area (TPSA) is 43.1 Å². The highest BCUT2D eigenvalue weighted by Gasteiger charge is 2.58. The smallest absolute Gasteiger partial charge is 0.149 e. The predicted octanol–water partition coefficient (Wildman–Crippen LogP) is 3.93. The van der Waals surface area contributed by atoms with E-state index in [1.807, 2.05) is 0 Å². The Morgan fingerprint density at radius 3 is 2.67 bits per heavy atom. The maximum Gasteiger partial charge on any atom is 0.149 e. The number of fused-ring (bicyclic) bond motifs is 5. The summed E-state index contributed by atoms with van der Waals surface area (Å²) >= 11 is 0. The maximum atomic E-state index is 12.1. The molecule has 21 heavy (non-hydrogen) atoms. The molecule has 0 bridgehead atoms. The molecule has 0 saturated heterocycles. The molecule has 0 aromatic carbocycles. The monoisotopic (exact) mass is 289 g/mol. The van der Waals surface area contributed by atoms with Gasteiger partial charge in [0.15, 0.2) is 0 Å². The molecule has 0 radical (unpaired) electrons. The lowest BCUT2D eigenvalue weighted by Crippen LogP contribution is -2.56. The molecule has 0 aromatic heterocycles. The summed E-state index contributed by atoms with van der Waals surface area (Å²) in [5.74, 6) is 3.68. The zero-order valence-electron chi connectivity index (χ0n) is 13.7. The first-order chi connectivity index (χ1) is 9.94. The van der Waals surface area contributed by atoms with E-state index in [4.69, 9.17) is 5.73 Å². The third-order valence-electron chi connectivity index (χ3n) is 8.37. The molecule has 2 nitrogen and oxygen atoms in total. The van der Waals surface area contributed by atoms with E-state index >= 15 is 0 Å². The summed E-state index contributed by atoms with van der Waals surface area (Å²) in [5, 5.41) is 0. The van der Waals surface area contributed by atoms with Crippen LogP contribution in [0.1, 0.15) is 71.6 Å². The van der Waals surface area contributed by atoms with Crippen molar-refractivity contribution >= 4 is 5.78 Å². The van der Waals surface area contributed by atoms with Gasteiger partial charge in [-0.25, -0.2) is 0 Å². The van der Waals surface area contributed by atoms with Gasteiger partial charge in [0.25, 0.3) is 0 Å². The van der Waals surface area contributed by atoms with Crippen LogP contribution in [0.15, 0.2) is 0 Å². The van der Waals surface area contributed by atoms with Gasteiger partial charge in [-0.3, -0.25) is 4.79 Å². The van der Waals surface area contributed by atoms with Gasteiger partial charge in [0.2, 0.25) is 0 Å². The fourth-order valence-electron chi connectivity index (χ4n) is 7.16. The molecule has 7 atom stereocenters. The average Bonchev–Trinajstić information content (AvgIpc) is 2.82. The summed E-state index contributed by atoms with van der Waals surface area (Å²) in [5.41, 5.74) is 7.16. The molecule has 4 rings (SSSR count). The molecule has 118 valence electrons. The minimum absolute atomic E-state index is 0.179. The number of ketones is 1. The van der Waals surface area contributed by atoms with Gasteiger partial charge in [-0.1, -0.05) is 20.3 Å². The second-order valence-corrected chi connectivity index (χ2v) is 9.22. The SMILES string of the molecule is C[C@@]12CCC[C@H]1[C@@H]1CC[C@H]3CC(=O)[C@H](N)C[C@]3(C)[C@H]1CC2. The number of rotatable bonds is 0. The molecule has 0 unspecified atom stereocenters.